The standard InChI is InChI=1S/C17H22N2O3S/c1-11-5-6-14(12(2)7-11)16-18-15(10-23-16)17(21)19(3)8-13(20)9-22-4/h5-7,10,13,20H,8-9H2,1-4H3. The molecule has 1 unspecified atom stereocenters. The molecule has 0 saturated carbocycles. The third-order valence-electron chi connectivity index (χ3n) is 3.53. The lowest BCUT2D eigenvalue weighted by Gasteiger charge is -2.19. The third kappa shape index (κ3) is 4.37. The molecule has 2 aromatic rings. The molecule has 1 atom stereocenters. The number of rotatable bonds is 6. The number of aromatic nitrogens is 1. The molecule has 5 nitrogen and oxygen atoms in total. The highest BCUT2D eigenvalue weighted by molar-refractivity contribution is 7.13. The molecule has 0 aliphatic heterocycles. The largest absolute Gasteiger partial charge is 0.389 e. The predicted octanol–water partition coefficient (Wildman–Crippen LogP) is 2.51. The van der Waals surface area contributed by atoms with Crippen LogP contribution in [0.5, 0.6) is 0 Å². The van der Waals surface area contributed by atoms with Crippen LogP contribution in [-0.4, -0.2) is 54.3 Å². The highest BCUT2D eigenvalue weighted by Crippen LogP contribution is 2.27. The van der Waals surface area contributed by atoms with E-state index in [0.717, 1.165) is 16.1 Å². The Morgan fingerprint density at radius 1 is 1.43 bits per heavy atom. The Labute approximate surface area is 140 Å². The third-order valence-corrected chi connectivity index (χ3v) is 4.40. The molecule has 2 rings (SSSR count). The number of carbonyl (C=O) groups excluding carboxylic acids is 1. The van der Waals surface area contributed by atoms with Crippen LogP contribution in [0.2, 0.25) is 0 Å². The van der Waals surface area contributed by atoms with E-state index in [0.29, 0.717) is 5.69 Å². The van der Waals surface area contributed by atoms with E-state index in [-0.39, 0.29) is 19.1 Å². The summed E-state index contributed by atoms with van der Waals surface area (Å²) in [5.74, 6) is -0.201. The van der Waals surface area contributed by atoms with E-state index in [4.69, 9.17) is 4.74 Å². The molecule has 0 saturated heterocycles. The lowest BCUT2D eigenvalue weighted by atomic mass is 10.1. The number of carbonyl (C=O) groups is 1. The van der Waals surface area contributed by atoms with Gasteiger partial charge in [-0.2, -0.15) is 0 Å². The van der Waals surface area contributed by atoms with Gasteiger partial charge >= 0.3 is 0 Å². The van der Waals surface area contributed by atoms with Gasteiger partial charge in [-0.15, -0.1) is 11.3 Å². The van der Waals surface area contributed by atoms with E-state index < -0.39 is 6.10 Å². The maximum atomic E-state index is 12.4. The van der Waals surface area contributed by atoms with Gasteiger partial charge in [0.05, 0.1) is 12.7 Å². The first-order chi connectivity index (χ1) is 10.9. The van der Waals surface area contributed by atoms with Crippen molar-refractivity contribution in [1.82, 2.24) is 9.88 Å². The maximum absolute atomic E-state index is 12.4. The number of hydrogen-bond donors (Lipinski definition) is 1. The monoisotopic (exact) mass is 334 g/mol. The first-order valence-electron chi connectivity index (χ1n) is 7.38. The first kappa shape index (κ1) is 17.6. The van der Waals surface area contributed by atoms with Crippen molar-refractivity contribution in [3.63, 3.8) is 0 Å². The quantitative estimate of drug-likeness (QED) is 0.882. The van der Waals surface area contributed by atoms with E-state index in [2.05, 4.69) is 11.1 Å². The fraction of sp³-hybridized carbons (Fsp3) is 0.412. The number of aryl methyl sites for hydroxylation is 2. The van der Waals surface area contributed by atoms with Gasteiger partial charge in [-0.05, 0) is 19.4 Å². The molecular weight excluding hydrogens is 312 g/mol. The summed E-state index contributed by atoms with van der Waals surface area (Å²) < 4.78 is 4.87. The minimum Gasteiger partial charge on any atom is -0.389 e. The number of benzene rings is 1. The van der Waals surface area contributed by atoms with E-state index in [1.165, 1.54) is 28.9 Å². The number of methoxy groups -OCH3 is 1. The van der Waals surface area contributed by atoms with Crippen LogP contribution in [0.1, 0.15) is 21.6 Å². The van der Waals surface area contributed by atoms with Crippen LogP contribution in [0.3, 0.4) is 0 Å². The molecule has 0 aliphatic carbocycles. The smallest absolute Gasteiger partial charge is 0.273 e. The SMILES string of the molecule is COCC(O)CN(C)C(=O)c1csc(-c2ccc(C)cc2C)n1. The van der Waals surface area contributed by atoms with Crippen LogP contribution in [0.15, 0.2) is 23.6 Å². The predicted molar refractivity (Wildman–Crippen MR) is 91.9 cm³/mol. The summed E-state index contributed by atoms with van der Waals surface area (Å²) >= 11 is 1.45. The zero-order valence-electron chi connectivity index (χ0n) is 13.9. The zero-order chi connectivity index (χ0) is 17.0. The van der Waals surface area contributed by atoms with E-state index in [9.17, 15) is 9.90 Å². The van der Waals surface area contributed by atoms with Crippen LogP contribution >= 0.6 is 11.3 Å². The van der Waals surface area contributed by atoms with E-state index in [1.54, 1.807) is 12.4 Å². The Morgan fingerprint density at radius 3 is 2.83 bits per heavy atom. The molecule has 1 heterocycles. The van der Waals surface area contributed by atoms with Crippen molar-refractivity contribution in [2.24, 2.45) is 0 Å². The van der Waals surface area contributed by atoms with E-state index >= 15 is 0 Å². The van der Waals surface area contributed by atoms with Gasteiger partial charge in [-0.3, -0.25) is 4.79 Å². The van der Waals surface area contributed by atoms with Gasteiger partial charge in [0.25, 0.3) is 5.91 Å². The second-order valence-corrected chi connectivity index (χ2v) is 6.51. The van der Waals surface area contributed by atoms with Gasteiger partial charge in [-0.25, -0.2) is 4.98 Å². The van der Waals surface area contributed by atoms with Crippen molar-refractivity contribution in [2.45, 2.75) is 20.0 Å². The Kier molecular flexibility index (Phi) is 5.87. The van der Waals surface area contributed by atoms with Crippen LogP contribution < -0.4 is 0 Å². The Hall–Kier alpha value is -1.76. The average molecular weight is 334 g/mol. The topological polar surface area (TPSA) is 62.7 Å². The van der Waals surface area contributed by atoms with Gasteiger partial charge in [0, 0.05) is 31.6 Å². The maximum Gasteiger partial charge on any atom is 0.273 e. The second-order valence-electron chi connectivity index (χ2n) is 5.65. The summed E-state index contributed by atoms with van der Waals surface area (Å²) in [5, 5.41) is 12.3. The van der Waals surface area contributed by atoms with Gasteiger partial charge < -0.3 is 14.7 Å². The Morgan fingerprint density at radius 2 is 2.17 bits per heavy atom. The molecule has 6 heteroatoms. The summed E-state index contributed by atoms with van der Waals surface area (Å²) in [4.78, 5) is 18.3. The van der Waals surface area contributed by atoms with Gasteiger partial charge in [0.1, 0.15) is 10.7 Å². The van der Waals surface area contributed by atoms with Crippen molar-refractivity contribution in [2.75, 3.05) is 27.3 Å². The molecule has 1 amide bonds. The minimum absolute atomic E-state index is 0.197. The summed E-state index contributed by atoms with van der Waals surface area (Å²) in [6.45, 7) is 4.50. The molecule has 1 aromatic heterocycles. The molecule has 1 N–H and O–H groups in total. The fourth-order valence-electron chi connectivity index (χ4n) is 2.39. The van der Waals surface area contributed by atoms with Gasteiger partial charge in [0.2, 0.25) is 0 Å². The molecule has 0 fully saturated rings. The number of nitrogens with zero attached hydrogens (tertiary/aromatic N) is 2. The van der Waals surface area contributed by atoms with Crippen LogP contribution in [-0.2, 0) is 4.74 Å². The van der Waals surface area contributed by atoms with Crippen molar-refractivity contribution in [1.29, 1.82) is 0 Å². The number of aliphatic hydroxyl groups excluding tert-OH is 1. The molecule has 0 bridgehead atoms. The first-order valence-corrected chi connectivity index (χ1v) is 8.26. The molecule has 0 aliphatic rings. The molecule has 124 valence electrons. The van der Waals surface area contributed by atoms with E-state index in [1.807, 2.05) is 26.0 Å². The van der Waals surface area contributed by atoms with Crippen LogP contribution in [0.4, 0.5) is 0 Å². The normalized spacial score (nSPS) is 12.2. The average Bonchev–Trinajstić information content (AvgIpc) is 2.96. The van der Waals surface area contributed by atoms with Gasteiger partial charge in [0.15, 0.2) is 0 Å². The summed E-state index contributed by atoms with van der Waals surface area (Å²) in [6.07, 6.45) is -0.702. The Bertz CT molecular complexity index is 684. The number of amides is 1. The molecule has 23 heavy (non-hydrogen) atoms. The molecule has 1 aromatic carbocycles. The second kappa shape index (κ2) is 7.68. The van der Waals surface area contributed by atoms with Crippen molar-refractivity contribution in [3.05, 3.63) is 40.4 Å². The number of hydrogen-bond acceptors (Lipinski definition) is 5. The molecular formula is C17H22N2O3S. The lowest BCUT2D eigenvalue weighted by Crippen LogP contribution is -2.36. The van der Waals surface area contributed by atoms with Crippen LogP contribution in [0.25, 0.3) is 10.6 Å². The van der Waals surface area contributed by atoms with Crippen LogP contribution in [0, 0.1) is 13.8 Å². The highest BCUT2D eigenvalue weighted by atomic mass is 32.1. The lowest BCUT2D eigenvalue weighted by molar-refractivity contribution is 0.0378. The molecule has 0 spiro atoms. The van der Waals surface area contributed by atoms with Gasteiger partial charge in [-0.1, -0.05) is 23.8 Å². The van der Waals surface area contributed by atoms with Crippen molar-refractivity contribution >= 4 is 17.2 Å². The number of thiazole rings is 1. The number of ether oxygens (including phenoxy) is 1. The van der Waals surface area contributed by atoms with Crippen molar-refractivity contribution in [3.8, 4) is 10.6 Å². The number of aliphatic hydroxyl groups is 1. The summed E-state index contributed by atoms with van der Waals surface area (Å²) in [7, 11) is 3.17. The summed E-state index contributed by atoms with van der Waals surface area (Å²) in [5.41, 5.74) is 3.78. The Balaban J connectivity index is 2.13. The number of likely N-dealkylation sites (N-methyl/N-ethyl adjacent to an activating group) is 1. The minimum atomic E-state index is -0.702. The molecule has 0 radical (unpaired) electrons. The highest BCUT2D eigenvalue weighted by Gasteiger charge is 2.19. The fourth-order valence-corrected chi connectivity index (χ4v) is 3.27. The van der Waals surface area contributed by atoms with Crippen molar-refractivity contribution < 1.29 is 14.6 Å². The zero-order valence-corrected chi connectivity index (χ0v) is 14.7. The summed E-state index contributed by atoms with van der Waals surface area (Å²) in [6, 6.07) is 6.17.